The fraction of sp³-hybridized carbons (Fsp3) is 0.559. The Hall–Kier alpha value is -3.67. The molecule has 0 saturated carbocycles. The number of rotatable bonds is 6. The minimum Gasteiger partial charge on any atom is -0.507 e. The summed E-state index contributed by atoms with van der Waals surface area (Å²) in [5.74, 6) is -6.48. The van der Waals surface area contributed by atoms with Crippen LogP contribution in [0.25, 0.3) is 0 Å². The largest absolute Gasteiger partial charge is 0.507 e. The van der Waals surface area contributed by atoms with E-state index in [1.54, 1.807) is 20.8 Å². The normalized spacial score (nSPS) is 35.7. The molecular formula is C34H41NO14. The Labute approximate surface area is 281 Å². The topological polar surface area (TPSA) is 245 Å². The van der Waals surface area contributed by atoms with Gasteiger partial charge in [-0.25, -0.2) is 0 Å². The molecule has 15 heteroatoms. The number of carbonyl (C=O) groups excluding carboxylic acids is 3. The lowest BCUT2D eigenvalue weighted by Gasteiger charge is -2.46. The van der Waals surface area contributed by atoms with Gasteiger partial charge in [-0.15, -0.1) is 0 Å². The molecule has 49 heavy (non-hydrogen) atoms. The van der Waals surface area contributed by atoms with Crippen molar-refractivity contribution in [2.75, 3.05) is 7.11 Å². The summed E-state index contributed by atoms with van der Waals surface area (Å²) in [6.07, 6.45) is -7.88. The molecule has 2 aromatic carbocycles. The molecule has 0 spiro atoms. The summed E-state index contributed by atoms with van der Waals surface area (Å²) in [5, 5.41) is 66.2. The third-order valence-corrected chi connectivity index (χ3v) is 10.2. The summed E-state index contributed by atoms with van der Waals surface area (Å²) >= 11 is 0. The van der Waals surface area contributed by atoms with Crippen LogP contribution in [0, 0.1) is 0 Å². The Morgan fingerprint density at radius 1 is 0.939 bits per heavy atom. The maximum absolute atomic E-state index is 13.8. The number of ether oxygens (including phenoxy) is 5. The van der Waals surface area contributed by atoms with Gasteiger partial charge in [0, 0.05) is 42.0 Å². The first kappa shape index (κ1) is 35.2. The summed E-state index contributed by atoms with van der Waals surface area (Å²) in [6, 6.07) is 3.13. The number of hydrogen-bond acceptors (Lipinski definition) is 15. The molecule has 2 saturated heterocycles. The van der Waals surface area contributed by atoms with Crippen molar-refractivity contribution in [1.29, 1.82) is 0 Å². The second kappa shape index (κ2) is 12.9. The molecule has 266 valence electrons. The number of methoxy groups -OCH3 is 1. The molecule has 0 bridgehead atoms. The van der Waals surface area contributed by atoms with E-state index in [-0.39, 0.29) is 47.9 Å². The Balaban J connectivity index is 1.38. The third-order valence-electron chi connectivity index (χ3n) is 10.2. The van der Waals surface area contributed by atoms with Crippen LogP contribution in [-0.4, -0.2) is 110 Å². The van der Waals surface area contributed by atoms with Crippen molar-refractivity contribution in [2.24, 2.45) is 5.73 Å². The van der Waals surface area contributed by atoms with E-state index in [9.17, 15) is 45.0 Å². The van der Waals surface area contributed by atoms with Crippen molar-refractivity contribution >= 4 is 17.5 Å². The van der Waals surface area contributed by atoms with Crippen LogP contribution in [0.4, 0.5) is 0 Å². The second-order valence-corrected chi connectivity index (χ2v) is 13.2. The molecule has 0 aromatic heterocycles. The highest BCUT2D eigenvalue weighted by Gasteiger charge is 2.55. The van der Waals surface area contributed by atoms with Crippen LogP contribution in [0.15, 0.2) is 18.2 Å². The highest BCUT2D eigenvalue weighted by Crippen LogP contribution is 2.57. The van der Waals surface area contributed by atoms with Gasteiger partial charge >= 0.3 is 5.97 Å². The van der Waals surface area contributed by atoms with E-state index >= 15 is 0 Å². The Morgan fingerprint density at radius 2 is 1.57 bits per heavy atom. The molecular weight excluding hydrogens is 646 g/mol. The van der Waals surface area contributed by atoms with Gasteiger partial charge in [-0.1, -0.05) is 19.1 Å². The highest BCUT2D eigenvalue weighted by atomic mass is 16.7. The molecule has 0 unspecified atom stereocenters. The van der Waals surface area contributed by atoms with Crippen molar-refractivity contribution in [1.82, 2.24) is 0 Å². The summed E-state index contributed by atoms with van der Waals surface area (Å²) in [4.78, 5) is 40.8. The lowest BCUT2D eigenvalue weighted by atomic mass is 9.66. The molecule has 11 atom stereocenters. The Morgan fingerprint density at radius 3 is 2.20 bits per heavy atom. The van der Waals surface area contributed by atoms with Gasteiger partial charge in [0.15, 0.2) is 18.4 Å². The summed E-state index contributed by atoms with van der Waals surface area (Å²) in [7, 11) is 1.09. The number of esters is 1. The molecule has 2 aliphatic heterocycles. The number of benzene rings is 2. The summed E-state index contributed by atoms with van der Waals surface area (Å²) < 4.78 is 29.2. The van der Waals surface area contributed by atoms with Crippen molar-refractivity contribution in [3.63, 3.8) is 0 Å². The number of nitrogens with two attached hydrogens (primary N) is 1. The van der Waals surface area contributed by atoms with Crippen molar-refractivity contribution in [2.45, 2.75) is 113 Å². The first-order valence-corrected chi connectivity index (χ1v) is 16.2. The Kier molecular flexibility index (Phi) is 9.26. The number of aromatic hydroxyl groups is 3. The molecule has 2 fully saturated rings. The summed E-state index contributed by atoms with van der Waals surface area (Å²) in [5.41, 5.74) is 2.26. The van der Waals surface area contributed by atoms with Gasteiger partial charge in [0.05, 0.1) is 53.8 Å². The van der Waals surface area contributed by atoms with Gasteiger partial charge in [0.25, 0.3) is 0 Å². The van der Waals surface area contributed by atoms with E-state index in [1.165, 1.54) is 18.2 Å². The molecule has 2 aromatic rings. The van der Waals surface area contributed by atoms with E-state index in [4.69, 9.17) is 29.4 Å². The summed E-state index contributed by atoms with van der Waals surface area (Å²) in [6.45, 7) is 4.88. The van der Waals surface area contributed by atoms with Crippen LogP contribution in [0.5, 0.6) is 17.2 Å². The first-order valence-electron chi connectivity index (χ1n) is 16.2. The standard InChI is InChI=1S/C34H41NO14/c1-5-34(44)11-18(48-19-9-15(35)32(13(3)47-19)49-20-10-17(37)27(38)12(2)46-20)22-23(26(34)33(43)45-4)31(42)24-25(30(22)41)29(40)21-14(28(24)39)7-6-8-16(21)36/h6-8,12-13,15,17-20,26-27,32,36-38,41-42,44H,5,9-11,35H2,1-4H3/t12-,13-,15-,17-,18-,19-,20-,26-,27+,32+,34+/m0/s1. The Bertz CT molecular complexity index is 1650. The van der Waals surface area contributed by atoms with Crippen LogP contribution < -0.4 is 5.73 Å². The fourth-order valence-electron chi connectivity index (χ4n) is 7.63. The number of fused-ring (bicyclic) bond motifs is 3. The number of carbonyl (C=O) groups is 3. The smallest absolute Gasteiger partial charge is 0.316 e. The van der Waals surface area contributed by atoms with Gasteiger partial charge in [0.1, 0.15) is 35.4 Å². The maximum atomic E-state index is 13.8. The van der Waals surface area contributed by atoms with Gasteiger partial charge in [-0.3, -0.25) is 14.4 Å². The average molecular weight is 688 g/mol. The van der Waals surface area contributed by atoms with Crippen LogP contribution in [0.1, 0.15) is 101 Å². The maximum Gasteiger partial charge on any atom is 0.316 e. The van der Waals surface area contributed by atoms with Crippen LogP contribution in [-0.2, 0) is 28.5 Å². The molecule has 8 N–H and O–H groups in total. The minimum absolute atomic E-state index is 0.00770. The van der Waals surface area contributed by atoms with Crippen LogP contribution in [0.3, 0.4) is 0 Å². The molecule has 0 amide bonds. The zero-order chi connectivity index (χ0) is 35.7. The molecule has 2 aliphatic carbocycles. The van der Waals surface area contributed by atoms with Gasteiger partial charge in [0.2, 0.25) is 5.78 Å². The van der Waals surface area contributed by atoms with Gasteiger partial charge < -0.3 is 60.1 Å². The number of hydrogen-bond donors (Lipinski definition) is 7. The zero-order valence-electron chi connectivity index (χ0n) is 27.4. The van der Waals surface area contributed by atoms with E-state index in [1.807, 2.05) is 0 Å². The van der Waals surface area contributed by atoms with Crippen LogP contribution in [0.2, 0.25) is 0 Å². The quantitative estimate of drug-likeness (QED) is 0.142. The molecule has 4 aliphatic rings. The third kappa shape index (κ3) is 5.67. The minimum atomic E-state index is -1.92. The number of aliphatic hydroxyl groups is 3. The second-order valence-electron chi connectivity index (χ2n) is 13.2. The predicted octanol–water partition coefficient (Wildman–Crippen LogP) is 1.14. The molecule has 15 nitrogen and oxygen atoms in total. The molecule has 6 rings (SSSR count). The van der Waals surface area contributed by atoms with E-state index in [2.05, 4.69) is 0 Å². The van der Waals surface area contributed by atoms with Crippen LogP contribution >= 0.6 is 0 Å². The zero-order valence-corrected chi connectivity index (χ0v) is 27.4. The van der Waals surface area contributed by atoms with Crippen molar-refractivity contribution in [3.05, 3.63) is 51.6 Å². The number of phenolic OH excluding ortho intramolecular Hbond substituents is 3. The van der Waals surface area contributed by atoms with Crippen molar-refractivity contribution < 1.29 is 68.7 Å². The highest BCUT2D eigenvalue weighted by molar-refractivity contribution is 6.31. The van der Waals surface area contributed by atoms with Crippen molar-refractivity contribution in [3.8, 4) is 17.2 Å². The van der Waals surface area contributed by atoms with E-state index < -0.39 is 113 Å². The SMILES string of the molecule is CC[C@@]1(O)C[C@H](O[C@H]2C[C@H](N)[C@H](O[C@H]3C[C@H](O)[C@H](O)[C@H](C)O3)[C@H](C)O2)c2c(O)c3c(c(O)c2[C@H]1C(=O)OC)C(=O)c1cccc(O)c1C3=O. The van der Waals surface area contributed by atoms with E-state index in [0.717, 1.165) is 7.11 Å². The molecule has 0 radical (unpaired) electrons. The number of aliphatic hydroxyl groups excluding tert-OH is 2. The molecule has 2 heterocycles. The fourth-order valence-corrected chi connectivity index (χ4v) is 7.63. The van der Waals surface area contributed by atoms with E-state index in [0.29, 0.717) is 0 Å². The number of ketones is 2. The number of phenols is 3. The lowest BCUT2D eigenvalue weighted by molar-refractivity contribution is -0.303. The van der Waals surface area contributed by atoms with Gasteiger partial charge in [-0.2, -0.15) is 0 Å². The monoisotopic (exact) mass is 687 g/mol. The average Bonchev–Trinajstić information content (AvgIpc) is 3.05. The lowest BCUT2D eigenvalue weighted by Crippen LogP contribution is -2.56. The predicted molar refractivity (Wildman–Crippen MR) is 166 cm³/mol. The van der Waals surface area contributed by atoms with Gasteiger partial charge in [-0.05, 0) is 26.3 Å². The first-order chi connectivity index (χ1) is 23.1.